The molecular weight excluding hydrogens is 268 g/mol. The van der Waals surface area contributed by atoms with E-state index in [2.05, 4.69) is 9.97 Å². The zero-order valence-electron chi connectivity index (χ0n) is 11.3. The Morgan fingerprint density at radius 3 is 2.71 bits per heavy atom. The fourth-order valence-corrected chi connectivity index (χ4v) is 2.29. The number of Topliss-reactive ketones (excluding diaryl/α,β-unsaturated/α-hetero) is 1. The first-order chi connectivity index (χ1) is 10.1. The van der Waals surface area contributed by atoms with Crippen molar-refractivity contribution in [2.24, 2.45) is 0 Å². The van der Waals surface area contributed by atoms with E-state index in [0.717, 1.165) is 16.5 Å². The molecule has 2 N–H and O–H groups in total. The van der Waals surface area contributed by atoms with Crippen molar-refractivity contribution in [3.63, 3.8) is 0 Å². The van der Waals surface area contributed by atoms with Gasteiger partial charge in [-0.2, -0.15) is 0 Å². The minimum atomic E-state index is -0.972. The van der Waals surface area contributed by atoms with Gasteiger partial charge >= 0.3 is 5.97 Å². The number of carbonyl (C=O) groups excluding carboxylic acids is 1. The van der Waals surface area contributed by atoms with Crippen molar-refractivity contribution in [1.29, 1.82) is 0 Å². The number of fused-ring (bicyclic) bond motifs is 1. The van der Waals surface area contributed by atoms with Crippen LogP contribution in [0.15, 0.2) is 42.6 Å². The van der Waals surface area contributed by atoms with Crippen molar-refractivity contribution in [2.45, 2.75) is 6.92 Å². The van der Waals surface area contributed by atoms with Crippen LogP contribution in [0.5, 0.6) is 0 Å². The Bertz CT molecular complexity index is 865. The summed E-state index contributed by atoms with van der Waals surface area (Å²) in [6.07, 6.45) is 1.63. The van der Waals surface area contributed by atoms with Gasteiger partial charge < -0.3 is 10.1 Å². The van der Waals surface area contributed by atoms with Crippen LogP contribution in [0.25, 0.3) is 22.2 Å². The number of pyridine rings is 1. The van der Waals surface area contributed by atoms with Gasteiger partial charge in [0.1, 0.15) is 5.65 Å². The Kier molecular flexibility index (Phi) is 3.02. The van der Waals surface area contributed by atoms with E-state index in [1.54, 1.807) is 36.5 Å². The quantitative estimate of drug-likeness (QED) is 0.722. The molecule has 0 saturated carbocycles. The number of rotatable bonds is 3. The van der Waals surface area contributed by atoms with Crippen molar-refractivity contribution in [2.75, 3.05) is 0 Å². The van der Waals surface area contributed by atoms with E-state index in [1.165, 1.54) is 6.92 Å². The molecule has 2 aromatic heterocycles. The van der Waals surface area contributed by atoms with Gasteiger partial charge in [-0.15, -0.1) is 0 Å². The lowest BCUT2D eigenvalue weighted by Gasteiger charge is -2.04. The molecule has 0 atom stereocenters. The van der Waals surface area contributed by atoms with Gasteiger partial charge in [0, 0.05) is 18.5 Å². The molecule has 0 aliphatic rings. The summed E-state index contributed by atoms with van der Waals surface area (Å²) < 4.78 is 0. The van der Waals surface area contributed by atoms with Gasteiger partial charge in [0.05, 0.1) is 11.3 Å². The third kappa shape index (κ3) is 2.29. The lowest BCUT2D eigenvalue weighted by atomic mass is 10.0. The number of hydrogen-bond acceptors (Lipinski definition) is 3. The van der Waals surface area contributed by atoms with Crippen LogP contribution in [-0.4, -0.2) is 26.8 Å². The molecule has 104 valence electrons. The SMILES string of the molecule is CC(=O)c1cc2c(-c3cccc(C(=O)O)c3)ccnc2[nH]1. The number of nitrogens with one attached hydrogen (secondary N) is 1. The molecule has 21 heavy (non-hydrogen) atoms. The minimum Gasteiger partial charge on any atom is -0.478 e. The summed E-state index contributed by atoms with van der Waals surface area (Å²) in [4.78, 5) is 29.7. The average Bonchev–Trinajstić information content (AvgIpc) is 2.91. The number of carboxylic acids is 1. The second kappa shape index (κ2) is 4.86. The predicted molar refractivity (Wildman–Crippen MR) is 78.5 cm³/mol. The average molecular weight is 280 g/mol. The standard InChI is InChI=1S/C16H12N2O3/c1-9(19)14-8-13-12(5-6-17-15(13)18-14)10-3-2-4-11(7-10)16(20)21/h2-8H,1H3,(H,17,18)(H,20,21). The summed E-state index contributed by atoms with van der Waals surface area (Å²) in [5.74, 6) is -1.04. The van der Waals surface area contributed by atoms with Gasteiger partial charge in [-0.1, -0.05) is 12.1 Å². The smallest absolute Gasteiger partial charge is 0.335 e. The maximum atomic E-state index is 11.5. The summed E-state index contributed by atoms with van der Waals surface area (Å²) in [6.45, 7) is 1.48. The lowest BCUT2D eigenvalue weighted by molar-refractivity contribution is 0.0696. The predicted octanol–water partition coefficient (Wildman–Crippen LogP) is 3.13. The lowest BCUT2D eigenvalue weighted by Crippen LogP contribution is -1.95. The Morgan fingerprint density at radius 1 is 1.19 bits per heavy atom. The number of carbonyl (C=O) groups is 2. The number of benzene rings is 1. The van der Waals surface area contributed by atoms with Crippen LogP contribution in [0.1, 0.15) is 27.8 Å². The van der Waals surface area contributed by atoms with Crippen molar-refractivity contribution in [1.82, 2.24) is 9.97 Å². The first-order valence-corrected chi connectivity index (χ1v) is 6.38. The zero-order valence-corrected chi connectivity index (χ0v) is 11.3. The number of ketones is 1. The van der Waals surface area contributed by atoms with E-state index in [-0.39, 0.29) is 11.3 Å². The fourth-order valence-electron chi connectivity index (χ4n) is 2.29. The number of aromatic amines is 1. The van der Waals surface area contributed by atoms with Crippen LogP contribution in [0, 0.1) is 0 Å². The number of nitrogens with zero attached hydrogens (tertiary/aromatic N) is 1. The number of carboxylic acid groups (broad SMARTS) is 1. The number of aromatic carboxylic acids is 1. The van der Waals surface area contributed by atoms with Gasteiger partial charge in [-0.25, -0.2) is 9.78 Å². The van der Waals surface area contributed by atoms with E-state index in [4.69, 9.17) is 5.11 Å². The highest BCUT2D eigenvalue weighted by Crippen LogP contribution is 2.28. The second-order valence-corrected chi connectivity index (χ2v) is 4.75. The second-order valence-electron chi connectivity index (χ2n) is 4.75. The van der Waals surface area contributed by atoms with E-state index in [0.29, 0.717) is 11.3 Å². The highest BCUT2D eigenvalue weighted by molar-refractivity contribution is 6.02. The largest absolute Gasteiger partial charge is 0.478 e. The maximum Gasteiger partial charge on any atom is 0.335 e. The van der Waals surface area contributed by atoms with E-state index < -0.39 is 5.97 Å². The highest BCUT2D eigenvalue weighted by atomic mass is 16.4. The molecular formula is C16H12N2O3. The summed E-state index contributed by atoms with van der Waals surface area (Å²) in [6, 6.07) is 10.2. The van der Waals surface area contributed by atoms with Crippen LogP contribution < -0.4 is 0 Å². The molecule has 2 heterocycles. The number of H-pyrrole nitrogens is 1. The first-order valence-electron chi connectivity index (χ1n) is 6.38. The summed E-state index contributed by atoms with van der Waals surface area (Å²) in [7, 11) is 0. The van der Waals surface area contributed by atoms with E-state index in [1.807, 2.05) is 6.07 Å². The molecule has 0 bridgehead atoms. The molecule has 0 aliphatic carbocycles. The molecule has 0 unspecified atom stereocenters. The molecule has 1 aromatic carbocycles. The molecule has 5 nitrogen and oxygen atoms in total. The minimum absolute atomic E-state index is 0.0711. The van der Waals surface area contributed by atoms with E-state index >= 15 is 0 Å². The van der Waals surface area contributed by atoms with Crippen molar-refractivity contribution < 1.29 is 14.7 Å². The monoisotopic (exact) mass is 280 g/mol. The van der Waals surface area contributed by atoms with Crippen LogP contribution in [0.3, 0.4) is 0 Å². The summed E-state index contributed by atoms with van der Waals surface area (Å²) >= 11 is 0. The number of aromatic nitrogens is 2. The third-order valence-electron chi connectivity index (χ3n) is 3.33. The van der Waals surface area contributed by atoms with Gasteiger partial charge in [0.15, 0.2) is 5.78 Å². The molecule has 0 aliphatic heterocycles. The molecule has 0 spiro atoms. The van der Waals surface area contributed by atoms with Crippen LogP contribution in [-0.2, 0) is 0 Å². The van der Waals surface area contributed by atoms with Gasteiger partial charge in [-0.3, -0.25) is 4.79 Å². The molecule has 0 radical (unpaired) electrons. The normalized spacial score (nSPS) is 10.7. The topological polar surface area (TPSA) is 83.1 Å². The molecule has 0 fully saturated rings. The molecule has 5 heteroatoms. The van der Waals surface area contributed by atoms with Gasteiger partial charge in [-0.05, 0) is 35.4 Å². The Morgan fingerprint density at radius 2 is 2.00 bits per heavy atom. The fraction of sp³-hybridized carbons (Fsp3) is 0.0625. The maximum absolute atomic E-state index is 11.5. The van der Waals surface area contributed by atoms with Gasteiger partial charge in [0.25, 0.3) is 0 Å². The van der Waals surface area contributed by atoms with Crippen molar-refractivity contribution in [3.8, 4) is 11.1 Å². The third-order valence-corrected chi connectivity index (χ3v) is 3.33. The highest BCUT2D eigenvalue weighted by Gasteiger charge is 2.12. The Balaban J connectivity index is 2.22. The Hall–Kier alpha value is -2.95. The molecule has 0 amide bonds. The molecule has 3 aromatic rings. The van der Waals surface area contributed by atoms with Crippen molar-refractivity contribution >= 4 is 22.8 Å². The molecule has 0 saturated heterocycles. The first kappa shape index (κ1) is 13.1. The number of hydrogen-bond donors (Lipinski definition) is 2. The van der Waals surface area contributed by atoms with Crippen molar-refractivity contribution in [3.05, 3.63) is 53.9 Å². The van der Waals surface area contributed by atoms with Gasteiger partial charge in [0.2, 0.25) is 0 Å². The Labute approximate surface area is 120 Å². The van der Waals surface area contributed by atoms with Crippen LogP contribution in [0.2, 0.25) is 0 Å². The summed E-state index contributed by atoms with van der Waals surface area (Å²) in [5, 5.41) is 9.88. The van der Waals surface area contributed by atoms with Crippen LogP contribution in [0.4, 0.5) is 0 Å². The van der Waals surface area contributed by atoms with Crippen LogP contribution >= 0.6 is 0 Å². The van der Waals surface area contributed by atoms with E-state index in [9.17, 15) is 9.59 Å². The summed E-state index contributed by atoms with van der Waals surface area (Å²) in [5.41, 5.74) is 2.93. The molecule has 3 rings (SSSR count). The zero-order chi connectivity index (χ0) is 15.0.